The molecule has 0 saturated carbocycles. The highest BCUT2D eigenvalue weighted by atomic mass is 19.1. The molecule has 0 radical (unpaired) electrons. The first kappa shape index (κ1) is 21.7. The molecule has 1 aromatic heterocycles. The SMILES string of the molecule is CC(=O)NC[C@H]1CN(c2cc(F)c(N3CCC(n4cc(C=O)nn4)CC3)c(F)c2)C(=O)O1. The monoisotopic (exact) mass is 448 g/mol. The molecule has 2 aliphatic rings. The highest BCUT2D eigenvalue weighted by molar-refractivity contribution is 5.90. The van der Waals surface area contributed by atoms with E-state index in [2.05, 4.69) is 15.6 Å². The Morgan fingerprint density at radius 3 is 2.56 bits per heavy atom. The number of aromatic nitrogens is 3. The van der Waals surface area contributed by atoms with Gasteiger partial charge in [0, 0.05) is 32.1 Å². The van der Waals surface area contributed by atoms with Crippen LogP contribution < -0.4 is 15.1 Å². The Morgan fingerprint density at radius 2 is 1.97 bits per heavy atom. The summed E-state index contributed by atoms with van der Waals surface area (Å²) in [4.78, 5) is 36.7. The first-order valence-corrected chi connectivity index (χ1v) is 10.2. The summed E-state index contributed by atoms with van der Waals surface area (Å²) in [6, 6.07) is 2.21. The molecule has 1 atom stereocenters. The minimum Gasteiger partial charge on any atom is -0.442 e. The van der Waals surface area contributed by atoms with Gasteiger partial charge in [-0.3, -0.25) is 14.5 Å². The van der Waals surface area contributed by atoms with E-state index in [0.717, 1.165) is 17.0 Å². The second-order valence-electron chi connectivity index (χ2n) is 7.77. The van der Waals surface area contributed by atoms with Crippen LogP contribution in [0.3, 0.4) is 0 Å². The Balaban J connectivity index is 1.44. The van der Waals surface area contributed by atoms with Gasteiger partial charge in [0.25, 0.3) is 0 Å². The third kappa shape index (κ3) is 4.39. The maximum absolute atomic E-state index is 14.9. The zero-order valence-corrected chi connectivity index (χ0v) is 17.3. The van der Waals surface area contributed by atoms with E-state index in [1.165, 1.54) is 6.92 Å². The average molecular weight is 448 g/mol. The second kappa shape index (κ2) is 8.89. The topological polar surface area (TPSA) is 110 Å². The number of piperidine rings is 1. The van der Waals surface area contributed by atoms with E-state index in [0.29, 0.717) is 32.2 Å². The van der Waals surface area contributed by atoms with Crippen molar-refractivity contribution in [1.82, 2.24) is 20.3 Å². The Hall–Kier alpha value is -3.57. The quantitative estimate of drug-likeness (QED) is 0.670. The van der Waals surface area contributed by atoms with E-state index in [4.69, 9.17) is 4.74 Å². The number of carbonyl (C=O) groups is 3. The maximum Gasteiger partial charge on any atom is 0.414 e. The fourth-order valence-corrected chi connectivity index (χ4v) is 3.98. The van der Waals surface area contributed by atoms with Crippen molar-refractivity contribution < 1.29 is 27.9 Å². The lowest BCUT2D eigenvalue weighted by atomic mass is 10.0. The van der Waals surface area contributed by atoms with Crippen LogP contribution in [-0.4, -0.2) is 65.6 Å². The largest absolute Gasteiger partial charge is 0.442 e. The normalized spacial score (nSPS) is 19.2. The molecule has 2 fully saturated rings. The fourth-order valence-electron chi connectivity index (χ4n) is 3.98. The van der Waals surface area contributed by atoms with Crippen molar-refractivity contribution in [2.45, 2.75) is 31.9 Å². The van der Waals surface area contributed by atoms with Crippen LogP contribution in [0.2, 0.25) is 0 Å². The van der Waals surface area contributed by atoms with E-state index in [1.54, 1.807) is 15.8 Å². The molecule has 3 heterocycles. The van der Waals surface area contributed by atoms with Crippen LogP contribution in [0.25, 0.3) is 0 Å². The summed E-state index contributed by atoms with van der Waals surface area (Å²) in [5.74, 6) is -1.82. The Bertz CT molecular complexity index is 1010. The summed E-state index contributed by atoms with van der Waals surface area (Å²) >= 11 is 0. The zero-order chi connectivity index (χ0) is 22.8. The Labute approximate surface area is 182 Å². The van der Waals surface area contributed by atoms with Gasteiger partial charge >= 0.3 is 6.09 Å². The Kier molecular flexibility index (Phi) is 6.01. The van der Waals surface area contributed by atoms with Crippen LogP contribution in [0.1, 0.15) is 36.3 Å². The number of benzene rings is 1. The van der Waals surface area contributed by atoms with E-state index >= 15 is 0 Å². The first-order valence-electron chi connectivity index (χ1n) is 10.2. The Morgan fingerprint density at radius 1 is 1.28 bits per heavy atom. The number of nitrogens with zero attached hydrogens (tertiary/aromatic N) is 5. The summed E-state index contributed by atoms with van der Waals surface area (Å²) in [5, 5.41) is 10.2. The van der Waals surface area contributed by atoms with Gasteiger partial charge in [0.05, 0.1) is 31.0 Å². The van der Waals surface area contributed by atoms with Gasteiger partial charge in [0.1, 0.15) is 17.5 Å². The lowest BCUT2D eigenvalue weighted by Crippen LogP contribution is -2.36. The van der Waals surface area contributed by atoms with E-state index in [-0.39, 0.29) is 42.1 Å². The van der Waals surface area contributed by atoms with Crippen molar-refractivity contribution in [3.63, 3.8) is 0 Å². The third-order valence-corrected chi connectivity index (χ3v) is 5.57. The van der Waals surface area contributed by atoms with Crippen LogP contribution in [0.15, 0.2) is 18.3 Å². The van der Waals surface area contributed by atoms with Crippen molar-refractivity contribution >= 4 is 29.7 Å². The second-order valence-corrected chi connectivity index (χ2v) is 7.77. The number of hydrogen-bond acceptors (Lipinski definition) is 7. The lowest BCUT2D eigenvalue weighted by Gasteiger charge is -2.34. The van der Waals surface area contributed by atoms with Gasteiger partial charge in [0.15, 0.2) is 17.9 Å². The molecule has 12 heteroatoms. The molecule has 0 bridgehead atoms. The molecule has 4 rings (SSSR count). The van der Waals surface area contributed by atoms with Gasteiger partial charge in [-0.2, -0.15) is 0 Å². The minimum atomic E-state index is -0.777. The lowest BCUT2D eigenvalue weighted by molar-refractivity contribution is -0.119. The third-order valence-electron chi connectivity index (χ3n) is 5.57. The number of aldehydes is 1. The molecule has 1 aromatic carbocycles. The van der Waals surface area contributed by atoms with Gasteiger partial charge in [-0.05, 0) is 12.8 Å². The van der Waals surface area contributed by atoms with Crippen molar-refractivity contribution in [1.29, 1.82) is 0 Å². The van der Waals surface area contributed by atoms with Crippen LogP contribution in [0.5, 0.6) is 0 Å². The average Bonchev–Trinajstić information content (AvgIpc) is 3.39. The molecular weight excluding hydrogens is 426 g/mol. The number of carbonyl (C=O) groups excluding carboxylic acids is 3. The number of nitrogens with one attached hydrogen (secondary N) is 1. The molecule has 2 aromatic rings. The number of hydrogen-bond donors (Lipinski definition) is 1. The van der Waals surface area contributed by atoms with Crippen molar-refractivity contribution in [2.75, 3.05) is 36.0 Å². The molecule has 32 heavy (non-hydrogen) atoms. The van der Waals surface area contributed by atoms with Gasteiger partial charge in [-0.15, -0.1) is 5.10 Å². The molecule has 2 amide bonds. The molecular formula is C20H22F2N6O4. The molecule has 2 aliphatic heterocycles. The van der Waals surface area contributed by atoms with Gasteiger partial charge in [-0.1, -0.05) is 5.21 Å². The molecule has 0 aliphatic carbocycles. The van der Waals surface area contributed by atoms with E-state index in [1.807, 2.05) is 0 Å². The highest BCUT2D eigenvalue weighted by Crippen LogP contribution is 2.34. The summed E-state index contributed by atoms with van der Waals surface area (Å²) in [5.41, 5.74) is 0.138. The van der Waals surface area contributed by atoms with Gasteiger partial charge in [-0.25, -0.2) is 18.3 Å². The van der Waals surface area contributed by atoms with Crippen LogP contribution >= 0.6 is 0 Å². The van der Waals surface area contributed by atoms with Crippen molar-refractivity contribution in [3.05, 3.63) is 35.7 Å². The smallest absolute Gasteiger partial charge is 0.414 e. The maximum atomic E-state index is 14.9. The predicted octanol–water partition coefficient (Wildman–Crippen LogP) is 1.67. The van der Waals surface area contributed by atoms with E-state index in [9.17, 15) is 23.2 Å². The summed E-state index contributed by atoms with van der Waals surface area (Å²) in [7, 11) is 0. The van der Waals surface area contributed by atoms with Crippen molar-refractivity contribution in [2.24, 2.45) is 0 Å². The number of amides is 2. The van der Waals surface area contributed by atoms with E-state index < -0.39 is 23.8 Å². The summed E-state index contributed by atoms with van der Waals surface area (Å²) in [6.45, 7) is 2.31. The minimum absolute atomic E-state index is 0.0160. The number of rotatable bonds is 6. The van der Waals surface area contributed by atoms with Crippen LogP contribution in [0, 0.1) is 11.6 Å². The standard InChI is InChI=1S/C20H22F2N6O4/c1-12(30)23-8-16-10-27(20(31)32-16)15-6-17(21)19(18(22)7-15)26-4-2-14(3-5-26)28-9-13(11-29)24-25-28/h6-7,9,11,14,16H,2-5,8,10H2,1H3,(H,23,30)/t16-/m0/s1. The molecule has 0 spiro atoms. The van der Waals surface area contributed by atoms with Gasteiger partial charge in [0.2, 0.25) is 5.91 Å². The number of ether oxygens (including phenoxy) is 1. The molecule has 2 saturated heterocycles. The van der Waals surface area contributed by atoms with Crippen LogP contribution in [0.4, 0.5) is 25.0 Å². The van der Waals surface area contributed by atoms with Crippen LogP contribution in [-0.2, 0) is 9.53 Å². The summed E-state index contributed by atoms with van der Waals surface area (Å²) < 4.78 is 36.6. The highest BCUT2D eigenvalue weighted by Gasteiger charge is 2.34. The molecule has 10 nitrogen and oxygen atoms in total. The number of anilines is 2. The number of cyclic esters (lactones) is 1. The fraction of sp³-hybridized carbons (Fsp3) is 0.450. The molecule has 170 valence electrons. The van der Waals surface area contributed by atoms with Crippen molar-refractivity contribution in [3.8, 4) is 0 Å². The first-order chi connectivity index (χ1) is 15.4. The molecule has 0 unspecified atom stereocenters. The number of halogens is 2. The molecule has 1 N–H and O–H groups in total. The zero-order valence-electron chi connectivity index (χ0n) is 17.3. The van der Waals surface area contributed by atoms with Gasteiger partial charge < -0.3 is 15.0 Å². The summed E-state index contributed by atoms with van der Waals surface area (Å²) in [6.07, 6.45) is 1.99. The predicted molar refractivity (Wildman–Crippen MR) is 109 cm³/mol.